The second-order valence-corrected chi connectivity index (χ2v) is 4.37. The topological polar surface area (TPSA) is 55.1 Å². The number of nitrogens with one attached hydrogen (secondary N) is 1. The Balaban J connectivity index is 3.01. The summed E-state index contributed by atoms with van der Waals surface area (Å²) in [6.07, 6.45) is -4.56. The van der Waals surface area contributed by atoms with Crippen molar-refractivity contribution in [2.75, 3.05) is 12.3 Å². The van der Waals surface area contributed by atoms with Gasteiger partial charge < -0.3 is 11.1 Å². The van der Waals surface area contributed by atoms with E-state index in [1.54, 1.807) is 0 Å². The summed E-state index contributed by atoms with van der Waals surface area (Å²) in [7, 11) is 0. The Morgan fingerprint density at radius 3 is 2.50 bits per heavy atom. The molecule has 100 valence electrons. The van der Waals surface area contributed by atoms with Crippen LogP contribution < -0.4 is 11.1 Å². The number of alkyl halides is 3. The molecule has 0 radical (unpaired) electrons. The molecule has 18 heavy (non-hydrogen) atoms. The van der Waals surface area contributed by atoms with Gasteiger partial charge in [0.15, 0.2) is 0 Å². The minimum atomic E-state index is -4.56. The lowest BCUT2D eigenvalue weighted by atomic mass is 10.1. The maximum atomic E-state index is 12.6. The first kappa shape index (κ1) is 14.3. The van der Waals surface area contributed by atoms with Crippen LogP contribution in [0.2, 0.25) is 0 Å². The molecule has 3 N–H and O–H groups in total. The number of hydrogen-bond acceptors (Lipinski definition) is 2. The standard InChI is InChI=1S/C12H15F3N2O/c1-7(2)6-17-11(18)8-4-3-5-9(10(8)16)12(13,14)15/h3-5,7H,6,16H2,1-2H3,(H,17,18). The van der Waals surface area contributed by atoms with Crippen molar-refractivity contribution in [2.24, 2.45) is 5.92 Å². The molecule has 1 aromatic rings. The van der Waals surface area contributed by atoms with Crippen molar-refractivity contribution < 1.29 is 18.0 Å². The monoisotopic (exact) mass is 260 g/mol. The Hall–Kier alpha value is -1.72. The number of nitrogens with two attached hydrogens (primary N) is 1. The lowest BCUT2D eigenvalue weighted by molar-refractivity contribution is -0.136. The van der Waals surface area contributed by atoms with Gasteiger partial charge in [-0.25, -0.2) is 0 Å². The summed E-state index contributed by atoms with van der Waals surface area (Å²) in [6, 6.07) is 3.30. The number of carbonyl (C=O) groups excluding carboxylic acids is 1. The van der Waals surface area contributed by atoms with E-state index in [0.717, 1.165) is 6.07 Å². The molecule has 0 aliphatic rings. The zero-order valence-electron chi connectivity index (χ0n) is 10.1. The highest BCUT2D eigenvalue weighted by atomic mass is 19.4. The summed E-state index contributed by atoms with van der Waals surface area (Å²) < 4.78 is 37.8. The number of carbonyl (C=O) groups is 1. The first-order valence-electron chi connectivity index (χ1n) is 5.47. The Morgan fingerprint density at radius 2 is 2.00 bits per heavy atom. The Labute approximate surface area is 103 Å². The highest BCUT2D eigenvalue weighted by Crippen LogP contribution is 2.34. The molecular weight excluding hydrogens is 245 g/mol. The van der Waals surface area contributed by atoms with Gasteiger partial charge in [-0.2, -0.15) is 13.2 Å². The van der Waals surface area contributed by atoms with Crippen LogP contribution in [0.1, 0.15) is 29.8 Å². The van der Waals surface area contributed by atoms with E-state index in [-0.39, 0.29) is 11.5 Å². The summed E-state index contributed by atoms with van der Waals surface area (Å²) >= 11 is 0. The van der Waals surface area contributed by atoms with Gasteiger partial charge in [0.1, 0.15) is 0 Å². The van der Waals surface area contributed by atoms with E-state index >= 15 is 0 Å². The third-order valence-corrected chi connectivity index (χ3v) is 2.33. The van der Waals surface area contributed by atoms with Crippen LogP contribution in [0.3, 0.4) is 0 Å². The summed E-state index contributed by atoms with van der Waals surface area (Å²) in [6.45, 7) is 4.15. The van der Waals surface area contributed by atoms with Crippen molar-refractivity contribution in [2.45, 2.75) is 20.0 Å². The number of rotatable bonds is 3. The molecule has 1 amide bonds. The molecular formula is C12H15F3N2O. The van der Waals surface area contributed by atoms with Gasteiger partial charge in [-0.15, -0.1) is 0 Å². The third-order valence-electron chi connectivity index (χ3n) is 2.33. The zero-order valence-corrected chi connectivity index (χ0v) is 10.1. The van der Waals surface area contributed by atoms with Crippen molar-refractivity contribution in [3.63, 3.8) is 0 Å². The van der Waals surface area contributed by atoms with Crippen LogP contribution in [-0.4, -0.2) is 12.5 Å². The maximum Gasteiger partial charge on any atom is 0.418 e. The predicted octanol–water partition coefficient (Wildman–Crippen LogP) is 2.67. The van der Waals surface area contributed by atoms with Gasteiger partial charge in [0, 0.05) is 6.54 Å². The van der Waals surface area contributed by atoms with Gasteiger partial charge in [-0.3, -0.25) is 4.79 Å². The van der Waals surface area contributed by atoms with Crippen LogP contribution in [-0.2, 0) is 6.18 Å². The second-order valence-electron chi connectivity index (χ2n) is 4.37. The lowest BCUT2D eigenvalue weighted by Crippen LogP contribution is -2.28. The molecule has 0 heterocycles. The SMILES string of the molecule is CC(C)CNC(=O)c1cccc(C(F)(F)F)c1N. The van der Waals surface area contributed by atoms with E-state index in [9.17, 15) is 18.0 Å². The van der Waals surface area contributed by atoms with Gasteiger partial charge in [-0.1, -0.05) is 19.9 Å². The number of benzene rings is 1. The van der Waals surface area contributed by atoms with Crippen molar-refractivity contribution in [3.05, 3.63) is 29.3 Å². The number of halogens is 3. The van der Waals surface area contributed by atoms with E-state index in [1.807, 2.05) is 13.8 Å². The van der Waals surface area contributed by atoms with Crippen LogP contribution in [0.4, 0.5) is 18.9 Å². The molecule has 0 saturated carbocycles. The van der Waals surface area contributed by atoms with Crippen LogP contribution >= 0.6 is 0 Å². The molecule has 1 rings (SSSR count). The first-order valence-corrected chi connectivity index (χ1v) is 5.47. The van der Waals surface area contributed by atoms with Crippen molar-refractivity contribution in [3.8, 4) is 0 Å². The maximum absolute atomic E-state index is 12.6. The Bertz CT molecular complexity index is 441. The first-order chi connectivity index (χ1) is 8.23. The average Bonchev–Trinajstić information content (AvgIpc) is 2.24. The molecule has 0 spiro atoms. The molecule has 0 aliphatic heterocycles. The van der Waals surface area contributed by atoms with Gasteiger partial charge in [0.25, 0.3) is 5.91 Å². The number of anilines is 1. The predicted molar refractivity (Wildman–Crippen MR) is 63.0 cm³/mol. The molecule has 0 atom stereocenters. The van der Waals surface area contributed by atoms with Crippen LogP contribution in [0.5, 0.6) is 0 Å². The molecule has 0 unspecified atom stereocenters. The molecule has 0 fully saturated rings. The normalized spacial score (nSPS) is 11.7. The highest BCUT2D eigenvalue weighted by molar-refractivity contribution is 5.99. The minimum Gasteiger partial charge on any atom is -0.398 e. The summed E-state index contributed by atoms with van der Waals surface area (Å²) in [4.78, 5) is 11.7. The molecule has 0 bridgehead atoms. The number of amides is 1. The molecule has 1 aromatic carbocycles. The fraction of sp³-hybridized carbons (Fsp3) is 0.417. The Kier molecular flexibility index (Phi) is 4.21. The van der Waals surface area contributed by atoms with Gasteiger partial charge in [0.2, 0.25) is 0 Å². The third kappa shape index (κ3) is 3.38. The molecule has 0 aromatic heterocycles. The minimum absolute atomic E-state index is 0.148. The van der Waals surface area contributed by atoms with E-state index in [1.165, 1.54) is 12.1 Å². The van der Waals surface area contributed by atoms with Crippen LogP contribution in [0, 0.1) is 5.92 Å². The summed E-state index contributed by atoms with van der Waals surface area (Å²) in [5.41, 5.74) is 3.73. The highest BCUT2D eigenvalue weighted by Gasteiger charge is 2.34. The largest absolute Gasteiger partial charge is 0.418 e. The molecule has 0 saturated heterocycles. The average molecular weight is 260 g/mol. The molecule has 3 nitrogen and oxygen atoms in total. The second kappa shape index (κ2) is 5.29. The van der Waals surface area contributed by atoms with Crippen molar-refractivity contribution in [1.29, 1.82) is 0 Å². The number of hydrogen-bond donors (Lipinski definition) is 2. The lowest BCUT2D eigenvalue weighted by Gasteiger charge is -2.14. The van der Waals surface area contributed by atoms with Gasteiger partial charge in [-0.05, 0) is 18.1 Å². The molecule has 6 heteroatoms. The zero-order chi connectivity index (χ0) is 13.9. The smallest absolute Gasteiger partial charge is 0.398 e. The van der Waals surface area contributed by atoms with Gasteiger partial charge in [0.05, 0.1) is 16.8 Å². The van der Waals surface area contributed by atoms with E-state index in [4.69, 9.17) is 5.73 Å². The fourth-order valence-corrected chi connectivity index (χ4v) is 1.40. The quantitative estimate of drug-likeness (QED) is 0.821. The van der Waals surface area contributed by atoms with Crippen molar-refractivity contribution in [1.82, 2.24) is 5.32 Å². The number of nitrogen functional groups attached to an aromatic ring is 1. The van der Waals surface area contributed by atoms with Crippen LogP contribution in [0.15, 0.2) is 18.2 Å². The van der Waals surface area contributed by atoms with E-state index < -0.39 is 23.3 Å². The summed E-state index contributed by atoms with van der Waals surface area (Å²) in [5, 5.41) is 2.53. The van der Waals surface area contributed by atoms with Crippen molar-refractivity contribution >= 4 is 11.6 Å². The Morgan fingerprint density at radius 1 is 1.39 bits per heavy atom. The van der Waals surface area contributed by atoms with Gasteiger partial charge >= 0.3 is 6.18 Å². The van der Waals surface area contributed by atoms with E-state index in [0.29, 0.717) is 6.54 Å². The molecule has 0 aliphatic carbocycles. The fourth-order valence-electron chi connectivity index (χ4n) is 1.40. The van der Waals surface area contributed by atoms with Crippen LogP contribution in [0.25, 0.3) is 0 Å². The number of para-hydroxylation sites is 1. The summed E-state index contributed by atoms with van der Waals surface area (Å²) in [5.74, 6) is -0.381. The van der Waals surface area contributed by atoms with E-state index in [2.05, 4.69) is 5.32 Å².